The zero-order valence-corrected chi connectivity index (χ0v) is 17.7. The van der Waals surface area contributed by atoms with E-state index in [0.717, 1.165) is 30.6 Å². The van der Waals surface area contributed by atoms with Crippen LogP contribution in [0, 0.1) is 6.92 Å². The third-order valence-electron chi connectivity index (χ3n) is 6.11. The summed E-state index contributed by atoms with van der Waals surface area (Å²) in [6.45, 7) is 5.39. The molecule has 2 aromatic rings. The van der Waals surface area contributed by atoms with E-state index in [9.17, 15) is 13.2 Å². The normalized spacial score (nSPS) is 22.1. The van der Waals surface area contributed by atoms with Crippen molar-refractivity contribution in [3.8, 4) is 0 Å². The predicted octanol–water partition coefficient (Wildman–Crippen LogP) is 2.76. The van der Waals surface area contributed by atoms with Gasteiger partial charge in [-0.2, -0.15) is 0 Å². The molecular weight excluding hydrogens is 386 g/mol. The molecule has 2 unspecified atom stereocenters. The zero-order valence-electron chi connectivity index (χ0n) is 16.8. The highest BCUT2D eigenvalue weighted by Gasteiger charge is 2.35. The van der Waals surface area contributed by atoms with Crippen molar-refractivity contribution < 1.29 is 13.2 Å². The number of nitrogens with zero attached hydrogens (tertiary/aromatic N) is 2. The summed E-state index contributed by atoms with van der Waals surface area (Å²) in [5, 5.41) is 5.26. The second-order valence-corrected chi connectivity index (χ2v) is 9.70. The number of nitrogens with two attached hydrogens (primary N) is 1. The van der Waals surface area contributed by atoms with Crippen LogP contribution in [0.15, 0.2) is 47.4 Å². The minimum absolute atomic E-state index is 0.00672. The van der Waals surface area contributed by atoms with E-state index in [1.54, 1.807) is 12.1 Å². The van der Waals surface area contributed by atoms with Crippen molar-refractivity contribution in [2.75, 3.05) is 18.0 Å². The van der Waals surface area contributed by atoms with Crippen LogP contribution in [0.4, 0.5) is 5.69 Å². The van der Waals surface area contributed by atoms with Gasteiger partial charge in [0.25, 0.3) is 0 Å². The summed E-state index contributed by atoms with van der Waals surface area (Å²) in [7, 11) is -3.75. The molecule has 7 heteroatoms. The number of fused-ring (bicyclic) bond motifs is 1. The van der Waals surface area contributed by atoms with Crippen molar-refractivity contribution in [1.29, 1.82) is 0 Å². The highest BCUT2D eigenvalue weighted by atomic mass is 32.2. The quantitative estimate of drug-likeness (QED) is 0.835. The standard InChI is InChI=1S/C22H27N3O3S/c1-15-6-3-4-7-19(15)21-8-5-11-24(21)14-22(26)25-16(2)12-17-13-18(29(23,27)28)9-10-20(17)25/h3-4,6-7,9-10,13,16,21H,5,8,11-12,14H2,1-2H3,(H2,23,27,28). The second kappa shape index (κ2) is 7.55. The van der Waals surface area contributed by atoms with Crippen LogP contribution in [-0.2, 0) is 21.2 Å². The summed E-state index contributed by atoms with van der Waals surface area (Å²) in [4.78, 5) is 17.4. The van der Waals surface area contributed by atoms with Crippen molar-refractivity contribution >= 4 is 21.6 Å². The molecule has 154 valence electrons. The van der Waals surface area contributed by atoms with Gasteiger partial charge in [-0.05, 0) is 74.5 Å². The molecule has 0 aliphatic carbocycles. The Bertz CT molecular complexity index is 1050. The van der Waals surface area contributed by atoms with Gasteiger partial charge in [0, 0.05) is 17.8 Å². The summed E-state index contributed by atoms with van der Waals surface area (Å²) >= 11 is 0. The third-order valence-corrected chi connectivity index (χ3v) is 7.02. The Morgan fingerprint density at radius 1 is 1.21 bits per heavy atom. The van der Waals surface area contributed by atoms with E-state index in [4.69, 9.17) is 5.14 Å². The van der Waals surface area contributed by atoms with Gasteiger partial charge in [-0.25, -0.2) is 13.6 Å². The average molecular weight is 414 g/mol. The monoisotopic (exact) mass is 413 g/mol. The summed E-state index contributed by atoms with van der Waals surface area (Å²) in [5.74, 6) is 0.0556. The number of benzene rings is 2. The Kier molecular flexibility index (Phi) is 5.23. The fourth-order valence-electron chi connectivity index (χ4n) is 4.74. The van der Waals surface area contributed by atoms with E-state index in [1.165, 1.54) is 17.2 Å². The molecule has 2 N–H and O–H groups in total. The molecule has 0 saturated carbocycles. The van der Waals surface area contributed by atoms with E-state index in [2.05, 4.69) is 30.0 Å². The number of hydrogen-bond acceptors (Lipinski definition) is 4. The second-order valence-electron chi connectivity index (χ2n) is 8.14. The highest BCUT2D eigenvalue weighted by Crippen LogP contribution is 2.36. The number of primary sulfonamides is 1. The van der Waals surface area contributed by atoms with Crippen molar-refractivity contribution in [3.05, 3.63) is 59.2 Å². The molecular formula is C22H27N3O3S. The van der Waals surface area contributed by atoms with Crippen molar-refractivity contribution in [2.24, 2.45) is 5.14 Å². The number of carbonyl (C=O) groups excluding carboxylic acids is 1. The van der Waals surface area contributed by atoms with Gasteiger partial charge in [0.15, 0.2) is 0 Å². The van der Waals surface area contributed by atoms with Crippen LogP contribution in [0.25, 0.3) is 0 Å². The van der Waals surface area contributed by atoms with Gasteiger partial charge in [0.05, 0.1) is 11.4 Å². The predicted molar refractivity (Wildman–Crippen MR) is 113 cm³/mol. The largest absolute Gasteiger partial charge is 0.308 e. The maximum atomic E-state index is 13.3. The molecule has 0 aromatic heterocycles. The first-order chi connectivity index (χ1) is 13.8. The van der Waals surface area contributed by atoms with Crippen molar-refractivity contribution in [1.82, 2.24) is 4.90 Å². The molecule has 1 saturated heterocycles. The Labute approximate surface area is 172 Å². The van der Waals surface area contributed by atoms with Crippen LogP contribution in [0.5, 0.6) is 0 Å². The van der Waals surface area contributed by atoms with Gasteiger partial charge >= 0.3 is 0 Å². The first-order valence-corrected chi connectivity index (χ1v) is 11.6. The highest BCUT2D eigenvalue weighted by molar-refractivity contribution is 7.89. The molecule has 1 fully saturated rings. The van der Waals surface area contributed by atoms with Crippen molar-refractivity contribution in [2.45, 2.75) is 50.1 Å². The van der Waals surface area contributed by atoms with Gasteiger partial charge in [-0.15, -0.1) is 0 Å². The number of amides is 1. The molecule has 6 nitrogen and oxygen atoms in total. The van der Waals surface area contributed by atoms with Gasteiger partial charge in [0.1, 0.15) is 0 Å². The lowest BCUT2D eigenvalue weighted by molar-refractivity contribution is -0.120. The molecule has 2 aromatic carbocycles. The van der Waals surface area contributed by atoms with Crippen LogP contribution in [0.2, 0.25) is 0 Å². The lowest BCUT2D eigenvalue weighted by atomic mass is 9.99. The molecule has 0 radical (unpaired) electrons. The summed E-state index contributed by atoms with van der Waals surface area (Å²) in [5.41, 5.74) is 4.20. The van der Waals surface area contributed by atoms with Crippen molar-refractivity contribution in [3.63, 3.8) is 0 Å². The molecule has 29 heavy (non-hydrogen) atoms. The Morgan fingerprint density at radius 3 is 2.69 bits per heavy atom. The molecule has 2 aliphatic rings. The van der Waals surface area contributed by atoms with Crippen LogP contribution < -0.4 is 10.0 Å². The topological polar surface area (TPSA) is 83.7 Å². The minimum Gasteiger partial charge on any atom is -0.308 e. The number of aryl methyl sites for hydroxylation is 1. The molecule has 1 amide bonds. The number of anilines is 1. The number of rotatable bonds is 4. The van der Waals surface area contributed by atoms with Gasteiger partial charge in [-0.1, -0.05) is 24.3 Å². The third kappa shape index (κ3) is 3.82. The SMILES string of the molecule is Cc1ccccc1C1CCCN1CC(=O)N1c2ccc(S(N)(=O)=O)cc2CC1C. The molecule has 2 atom stereocenters. The maximum Gasteiger partial charge on any atom is 0.241 e. The smallest absolute Gasteiger partial charge is 0.241 e. The summed E-state index contributed by atoms with van der Waals surface area (Å²) < 4.78 is 23.3. The Balaban J connectivity index is 1.56. The van der Waals surface area contributed by atoms with Crippen LogP contribution in [0.3, 0.4) is 0 Å². The molecule has 2 aliphatic heterocycles. The van der Waals surface area contributed by atoms with E-state index in [-0.39, 0.29) is 22.9 Å². The average Bonchev–Trinajstić information content (AvgIpc) is 3.23. The maximum absolute atomic E-state index is 13.3. The fraction of sp³-hybridized carbons (Fsp3) is 0.409. The molecule has 0 bridgehead atoms. The lowest BCUT2D eigenvalue weighted by Crippen LogP contribution is -2.43. The molecule has 0 spiro atoms. The summed E-state index contributed by atoms with van der Waals surface area (Å²) in [6, 6.07) is 13.4. The number of carbonyl (C=O) groups is 1. The van der Waals surface area contributed by atoms with Crippen LogP contribution in [-0.4, -0.2) is 38.4 Å². The first-order valence-electron chi connectivity index (χ1n) is 10.0. The van der Waals surface area contributed by atoms with Gasteiger partial charge in [0.2, 0.25) is 15.9 Å². The Morgan fingerprint density at radius 2 is 1.97 bits per heavy atom. The van der Waals surface area contributed by atoms with Crippen LogP contribution >= 0.6 is 0 Å². The number of hydrogen-bond donors (Lipinski definition) is 1. The minimum atomic E-state index is -3.75. The summed E-state index contributed by atoms with van der Waals surface area (Å²) in [6.07, 6.45) is 2.77. The Hall–Kier alpha value is -2.22. The molecule has 4 rings (SSSR count). The van der Waals surface area contributed by atoms with Gasteiger partial charge < -0.3 is 4.90 Å². The van der Waals surface area contributed by atoms with E-state index in [0.29, 0.717) is 13.0 Å². The van der Waals surface area contributed by atoms with Gasteiger partial charge in [-0.3, -0.25) is 9.69 Å². The number of sulfonamides is 1. The fourth-order valence-corrected chi connectivity index (χ4v) is 5.31. The lowest BCUT2D eigenvalue weighted by Gasteiger charge is -2.29. The zero-order chi connectivity index (χ0) is 20.8. The van der Waals surface area contributed by atoms with E-state index >= 15 is 0 Å². The molecule has 2 heterocycles. The van der Waals surface area contributed by atoms with Crippen LogP contribution in [0.1, 0.15) is 42.5 Å². The number of likely N-dealkylation sites (tertiary alicyclic amines) is 1. The van der Waals surface area contributed by atoms with E-state index < -0.39 is 10.0 Å². The first kappa shape index (κ1) is 20.1. The van der Waals surface area contributed by atoms with E-state index in [1.807, 2.05) is 17.9 Å².